The van der Waals surface area contributed by atoms with Crippen LogP contribution in [0, 0.1) is 11.3 Å². The number of anilines is 1. The maximum absolute atomic E-state index is 11.9. The van der Waals surface area contributed by atoms with Gasteiger partial charge in [-0.25, -0.2) is 13.4 Å². The van der Waals surface area contributed by atoms with Crippen LogP contribution < -0.4 is 4.72 Å². The maximum Gasteiger partial charge on any atom is 0.263 e. The molecule has 6 nitrogen and oxygen atoms in total. The monoisotopic (exact) mass is 266 g/mol. The van der Waals surface area contributed by atoms with Crippen LogP contribution in [0.1, 0.15) is 5.56 Å². The van der Waals surface area contributed by atoms with E-state index in [1.54, 1.807) is 0 Å². The van der Waals surface area contributed by atoms with Crippen molar-refractivity contribution in [1.29, 1.82) is 5.26 Å². The lowest BCUT2D eigenvalue weighted by molar-refractivity contribution is 0.601. The summed E-state index contributed by atoms with van der Waals surface area (Å²) in [4.78, 5) is 3.74. The number of nitrogens with zero attached hydrogens (tertiary/aromatic N) is 3. The summed E-state index contributed by atoms with van der Waals surface area (Å²) in [6.07, 6.45) is 1.26. The molecule has 0 saturated carbocycles. The summed E-state index contributed by atoms with van der Waals surface area (Å²) >= 11 is 0.938. The molecule has 0 aliphatic carbocycles. The second-order valence-electron chi connectivity index (χ2n) is 2.99. The molecule has 2 rings (SSSR count). The van der Waals surface area contributed by atoms with E-state index in [2.05, 4.69) is 14.1 Å². The molecule has 0 aliphatic heterocycles. The van der Waals surface area contributed by atoms with Gasteiger partial charge in [0.25, 0.3) is 10.0 Å². The first-order valence-electron chi connectivity index (χ1n) is 4.41. The molecular formula is C9H6N4O2S2. The van der Waals surface area contributed by atoms with E-state index in [4.69, 9.17) is 5.26 Å². The fourth-order valence-corrected chi connectivity index (χ4v) is 2.83. The Bertz CT molecular complexity index is 659. The molecule has 0 saturated heterocycles. The highest BCUT2D eigenvalue weighted by Crippen LogP contribution is 2.16. The van der Waals surface area contributed by atoms with Crippen molar-refractivity contribution < 1.29 is 8.42 Å². The zero-order valence-corrected chi connectivity index (χ0v) is 9.99. The maximum atomic E-state index is 11.9. The molecule has 0 radical (unpaired) electrons. The second-order valence-corrected chi connectivity index (χ2v) is 5.45. The summed E-state index contributed by atoms with van der Waals surface area (Å²) in [5.74, 6) is 0. The lowest BCUT2D eigenvalue weighted by atomic mass is 10.2. The van der Waals surface area contributed by atoms with E-state index in [1.165, 1.54) is 30.6 Å². The van der Waals surface area contributed by atoms with E-state index in [9.17, 15) is 8.42 Å². The average molecular weight is 266 g/mol. The Hall–Kier alpha value is -1.98. The van der Waals surface area contributed by atoms with Gasteiger partial charge in [-0.05, 0) is 18.2 Å². The SMILES string of the molecule is N#Cc1cccc(S(=O)(=O)Nc2ncns2)c1. The third-order valence-electron chi connectivity index (χ3n) is 1.86. The Kier molecular flexibility index (Phi) is 3.03. The number of nitrogens with one attached hydrogen (secondary N) is 1. The number of hydrogen-bond acceptors (Lipinski definition) is 6. The molecule has 1 aromatic heterocycles. The van der Waals surface area contributed by atoms with Gasteiger partial charge in [-0.1, -0.05) is 6.07 Å². The Balaban J connectivity index is 2.35. The smallest absolute Gasteiger partial charge is 0.253 e. The van der Waals surface area contributed by atoms with Gasteiger partial charge < -0.3 is 0 Å². The molecule has 86 valence electrons. The van der Waals surface area contributed by atoms with Gasteiger partial charge in [0.15, 0.2) is 0 Å². The van der Waals surface area contributed by atoms with Gasteiger partial charge in [0, 0.05) is 11.5 Å². The Morgan fingerprint density at radius 1 is 1.41 bits per heavy atom. The predicted octanol–water partition coefficient (Wildman–Crippen LogP) is 1.21. The van der Waals surface area contributed by atoms with Crippen molar-refractivity contribution in [3.8, 4) is 6.07 Å². The van der Waals surface area contributed by atoms with E-state index < -0.39 is 10.0 Å². The van der Waals surface area contributed by atoms with Gasteiger partial charge in [0.2, 0.25) is 5.13 Å². The average Bonchev–Trinajstić information content (AvgIpc) is 2.81. The van der Waals surface area contributed by atoms with E-state index in [0.29, 0.717) is 0 Å². The molecule has 0 spiro atoms. The standard InChI is InChI=1S/C9H6N4O2S2/c10-5-7-2-1-3-8(4-7)17(14,15)13-9-11-6-12-16-9/h1-4,6H,(H,11,12,13). The molecule has 2 aromatic rings. The normalized spacial score (nSPS) is 10.8. The number of hydrogen-bond donors (Lipinski definition) is 1. The first-order valence-corrected chi connectivity index (χ1v) is 6.67. The van der Waals surface area contributed by atoms with Gasteiger partial charge in [-0.2, -0.15) is 9.64 Å². The molecule has 0 fully saturated rings. The lowest BCUT2D eigenvalue weighted by Crippen LogP contribution is -2.12. The Morgan fingerprint density at radius 2 is 2.24 bits per heavy atom. The molecule has 0 aliphatic rings. The largest absolute Gasteiger partial charge is 0.263 e. The lowest BCUT2D eigenvalue weighted by Gasteiger charge is -2.04. The van der Waals surface area contributed by atoms with Crippen LogP contribution >= 0.6 is 11.5 Å². The number of rotatable bonds is 3. The number of sulfonamides is 1. The van der Waals surface area contributed by atoms with Crippen molar-refractivity contribution in [3.63, 3.8) is 0 Å². The zero-order valence-electron chi connectivity index (χ0n) is 8.36. The fourth-order valence-electron chi connectivity index (χ4n) is 1.12. The van der Waals surface area contributed by atoms with Crippen LogP contribution in [0.25, 0.3) is 0 Å². The number of nitriles is 1. The van der Waals surface area contributed by atoms with Crippen molar-refractivity contribution in [2.75, 3.05) is 4.72 Å². The summed E-state index contributed by atoms with van der Waals surface area (Å²) in [5.41, 5.74) is 0.283. The van der Waals surface area contributed by atoms with Crippen LogP contribution in [0.2, 0.25) is 0 Å². The molecule has 1 aromatic carbocycles. The van der Waals surface area contributed by atoms with Gasteiger partial charge >= 0.3 is 0 Å². The minimum atomic E-state index is -3.71. The van der Waals surface area contributed by atoms with Gasteiger partial charge in [0.1, 0.15) is 6.33 Å². The molecular weight excluding hydrogens is 260 g/mol. The van der Waals surface area contributed by atoms with Crippen molar-refractivity contribution in [3.05, 3.63) is 36.2 Å². The van der Waals surface area contributed by atoms with E-state index >= 15 is 0 Å². The highest BCUT2D eigenvalue weighted by Gasteiger charge is 2.15. The van der Waals surface area contributed by atoms with Crippen LogP contribution in [0.15, 0.2) is 35.5 Å². The van der Waals surface area contributed by atoms with Crippen molar-refractivity contribution in [1.82, 2.24) is 9.36 Å². The molecule has 8 heteroatoms. The number of aromatic nitrogens is 2. The van der Waals surface area contributed by atoms with Crippen LogP contribution in [0.5, 0.6) is 0 Å². The van der Waals surface area contributed by atoms with E-state index in [0.717, 1.165) is 11.5 Å². The first-order chi connectivity index (χ1) is 8.12. The molecule has 17 heavy (non-hydrogen) atoms. The van der Waals surface area contributed by atoms with Gasteiger partial charge in [0.05, 0.1) is 16.5 Å². The number of benzene rings is 1. The minimum Gasteiger partial charge on any atom is -0.253 e. The highest BCUT2D eigenvalue weighted by molar-refractivity contribution is 7.93. The quantitative estimate of drug-likeness (QED) is 0.900. The zero-order chi connectivity index (χ0) is 12.3. The fraction of sp³-hybridized carbons (Fsp3) is 0. The molecule has 1 N–H and O–H groups in total. The van der Waals surface area contributed by atoms with Crippen molar-refractivity contribution in [2.45, 2.75) is 4.90 Å². The summed E-state index contributed by atoms with van der Waals surface area (Å²) in [5, 5.41) is 8.89. The molecule has 0 bridgehead atoms. The summed E-state index contributed by atoms with van der Waals surface area (Å²) in [6, 6.07) is 7.62. The summed E-state index contributed by atoms with van der Waals surface area (Å²) in [7, 11) is -3.71. The molecule has 0 amide bonds. The van der Waals surface area contributed by atoms with Gasteiger partial charge in [-0.3, -0.25) is 4.72 Å². The summed E-state index contributed by atoms with van der Waals surface area (Å²) < 4.78 is 29.7. The molecule has 1 heterocycles. The van der Waals surface area contributed by atoms with Crippen LogP contribution in [-0.2, 0) is 10.0 Å². The summed E-state index contributed by atoms with van der Waals surface area (Å²) in [6.45, 7) is 0. The Morgan fingerprint density at radius 3 is 2.88 bits per heavy atom. The second kappa shape index (κ2) is 4.48. The van der Waals surface area contributed by atoms with Crippen LogP contribution in [0.3, 0.4) is 0 Å². The predicted molar refractivity (Wildman–Crippen MR) is 61.9 cm³/mol. The Labute approximate surface area is 102 Å². The third-order valence-corrected chi connectivity index (χ3v) is 3.90. The molecule has 0 unspecified atom stereocenters. The first kappa shape index (κ1) is 11.5. The van der Waals surface area contributed by atoms with E-state index in [-0.39, 0.29) is 15.6 Å². The third kappa shape index (κ3) is 2.58. The topological polar surface area (TPSA) is 95.7 Å². The minimum absolute atomic E-state index is 0.0201. The van der Waals surface area contributed by atoms with Crippen molar-refractivity contribution in [2.24, 2.45) is 0 Å². The van der Waals surface area contributed by atoms with Crippen molar-refractivity contribution >= 4 is 26.7 Å². The van der Waals surface area contributed by atoms with Crippen LogP contribution in [-0.4, -0.2) is 17.8 Å². The van der Waals surface area contributed by atoms with Crippen LogP contribution in [0.4, 0.5) is 5.13 Å². The van der Waals surface area contributed by atoms with Gasteiger partial charge in [-0.15, -0.1) is 0 Å². The highest BCUT2D eigenvalue weighted by atomic mass is 32.2. The molecule has 0 atom stereocenters. The van der Waals surface area contributed by atoms with E-state index in [1.807, 2.05) is 6.07 Å².